The second-order valence-corrected chi connectivity index (χ2v) is 5.14. The first kappa shape index (κ1) is 15.0. The van der Waals surface area contributed by atoms with E-state index < -0.39 is 11.8 Å². The van der Waals surface area contributed by atoms with E-state index >= 15 is 0 Å². The van der Waals surface area contributed by atoms with Crippen LogP contribution in [0.2, 0.25) is 0 Å². The summed E-state index contributed by atoms with van der Waals surface area (Å²) in [7, 11) is 0. The van der Waals surface area contributed by atoms with Crippen molar-refractivity contribution >= 4 is 17.7 Å². The summed E-state index contributed by atoms with van der Waals surface area (Å²) in [4.78, 5) is 42.3. The number of nitrogens with two attached hydrogens (primary N) is 1. The lowest BCUT2D eigenvalue weighted by Crippen LogP contribution is -2.41. The van der Waals surface area contributed by atoms with Gasteiger partial charge in [-0.2, -0.15) is 0 Å². The van der Waals surface area contributed by atoms with Crippen molar-refractivity contribution in [1.82, 2.24) is 19.4 Å². The maximum atomic E-state index is 12.3. The predicted molar refractivity (Wildman–Crippen MR) is 73.7 cm³/mol. The van der Waals surface area contributed by atoms with Gasteiger partial charge in [-0.25, -0.2) is 4.98 Å². The first-order valence-corrected chi connectivity index (χ1v) is 6.75. The van der Waals surface area contributed by atoms with Crippen LogP contribution in [0.25, 0.3) is 0 Å². The molecular weight excluding hydrogens is 274 g/mol. The Balaban J connectivity index is 2.06. The molecule has 3 amide bonds. The van der Waals surface area contributed by atoms with Gasteiger partial charge in [0.05, 0.1) is 12.2 Å². The number of hydrogen-bond donors (Lipinski definition) is 1. The Hall–Kier alpha value is -2.38. The van der Waals surface area contributed by atoms with Crippen LogP contribution in [0.15, 0.2) is 18.7 Å². The summed E-state index contributed by atoms with van der Waals surface area (Å²) < 4.78 is 1.66. The van der Waals surface area contributed by atoms with E-state index in [1.165, 1.54) is 6.92 Å². The van der Waals surface area contributed by atoms with Crippen LogP contribution in [0.1, 0.15) is 6.92 Å². The van der Waals surface area contributed by atoms with E-state index in [4.69, 9.17) is 5.73 Å². The molecule has 2 heterocycles. The van der Waals surface area contributed by atoms with E-state index in [1.54, 1.807) is 33.1 Å². The van der Waals surface area contributed by atoms with Crippen molar-refractivity contribution in [2.75, 3.05) is 26.2 Å². The molecule has 21 heavy (non-hydrogen) atoms. The molecule has 1 unspecified atom stereocenters. The molecule has 1 fully saturated rings. The first-order valence-electron chi connectivity index (χ1n) is 6.75. The minimum absolute atomic E-state index is 0.120. The van der Waals surface area contributed by atoms with Gasteiger partial charge in [-0.15, -0.1) is 0 Å². The van der Waals surface area contributed by atoms with Crippen molar-refractivity contribution in [3.8, 4) is 0 Å². The molecule has 1 aliphatic heterocycles. The van der Waals surface area contributed by atoms with Crippen molar-refractivity contribution < 1.29 is 14.4 Å². The number of imidazole rings is 1. The third kappa shape index (κ3) is 3.80. The lowest BCUT2D eigenvalue weighted by atomic mass is 10.1. The number of primary amides is 1. The molecule has 0 aromatic carbocycles. The Morgan fingerprint density at radius 3 is 2.48 bits per heavy atom. The van der Waals surface area contributed by atoms with Crippen molar-refractivity contribution in [2.24, 2.45) is 11.7 Å². The lowest BCUT2D eigenvalue weighted by molar-refractivity contribution is -0.133. The maximum absolute atomic E-state index is 12.3. The monoisotopic (exact) mass is 293 g/mol. The van der Waals surface area contributed by atoms with E-state index in [1.807, 2.05) is 0 Å². The average molecular weight is 293 g/mol. The van der Waals surface area contributed by atoms with Gasteiger partial charge in [0.15, 0.2) is 0 Å². The molecule has 1 atom stereocenters. The van der Waals surface area contributed by atoms with Crippen molar-refractivity contribution in [2.45, 2.75) is 13.5 Å². The van der Waals surface area contributed by atoms with Crippen LogP contribution in [-0.4, -0.2) is 63.3 Å². The second-order valence-electron chi connectivity index (χ2n) is 5.14. The fraction of sp³-hybridized carbons (Fsp3) is 0.538. The van der Waals surface area contributed by atoms with Crippen molar-refractivity contribution in [3.63, 3.8) is 0 Å². The first-order chi connectivity index (χ1) is 9.97. The molecule has 0 saturated carbocycles. The van der Waals surface area contributed by atoms with Crippen LogP contribution >= 0.6 is 0 Å². The summed E-state index contributed by atoms with van der Waals surface area (Å²) in [5.41, 5.74) is 5.37. The second kappa shape index (κ2) is 6.38. The van der Waals surface area contributed by atoms with Crippen LogP contribution in [0, 0.1) is 5.92 Å². The van der Waals surface area contributed by atoms with Crippen molar-refractivity contribution in [3.05, 3.63) is 18.7 Å². The number of carbonyl (C=O) groups excluding carboxylic acids is 3. The quantitative estimate of drug-likeness (QED) is 0.746. The van der Waals surface area contributed by atoms with Crippen LogP contribution in [0.3, 0.4) is 0 Å². The zero-order chi connectivity index (χ0) is 15.4. The van der Waals surface area contributed by atoms with Crippen LogP contribution in [-0.2, 0) is 20.9 Å². The number of hydrogen-bond acceptors (Lipinski definition) is 4. The van der Waals surface area contributed by atoms with Gasteiger partial charge < -0.3 is 20.1 Å². The highest BCUT2D eigenvalue weighted by atomic mass is 16.2. The molecular formula is C13H19N5O3. The van der Waals surface area contributed by atoms with E-state index in [0.29, 0.717) is 13.1 Å². The van der Waals surface area contributed by atoms with Gasteiger partial charge in [0.25, 0.3) is 0 Å². The van der Waals surface area contributed by atoms with Gasteiger partial charge >= 0.3 is 0 Å². The summed E-state index contributed by atoms with van der Waals surface area (Å²) >= 11 is 0. The van der Waals surface area contributed by atoms with Crippen LogP contribution < -0.4 is 5.73 Å². The molecule has 2 rings (SSSR count). The standard InChI is InChI=1S/C13H19N5O3/c1-10(19)17-4-5-18(7-11(6-17)13(14)21)12(20)8-16-3-2-15-9-16/h2-3,9,11H,4-8H2,1H3,(H2,14,21). The molecule has 8 nitrogen and oxygen atoms in total. The highest BCUT2D eigenvalue weighted by Gasteiger charge is 2.29. The molecule has 0 radical (unpaired) electrons. The highest BCUT2D eigenvalue weighted by molar-refractivity contribution is 5.81. The molecule has 1 aromatic heterocycles. The summed E-state index contributed by atoms with van der Waals surface area (Å²) in [5, 5.41) is 0. The smallest absolute Gasteiger partial charge is 0.242 e. The Kier molecular flexibility index (Phi) is 4.56. The lowest BCUT2D eigenvalue weighted by Gasteiger charge is -2.22. The topological polar surface area (TPSA) is 102 Å². The minimum Gasteiger partial charge on any atom is -0.369 e. The molecule has 2 N–H and O–H groups in total. The fourth-order valence-electron chi connectivity index (χ4n) is 2.34. The van der Waals surface area contributed by atoms with Gasteiger partial charge in [0.2, 0.25) is 17.7 Å². The number of amides is 3. The van der Waals surface area contributed by atoms with Crippen molar-refractivity contribution in [1.29, 1.82) is 0 Å². The fourth-order valence-corrected chi connectivity index (χ4v) is 2.34. The third-order valence-corrected chi connectivity index (χ3v) is 3.60. The molecule has 1 aromatic rings. The zero-order valence-electron chi connectivity index (χ0n) is 11.9. The van der Waals surface area contributed by atoms with Gasteiger partial charge in [-0.3, -0.25) is 14.4 Å². The number of rotatable bonds is 3. The van der Waals surface area contributed by atoms with Gasteiger partial charge in [0.1, 0.15) is 6.54 Å². The molecule has 8 heteroatoms. The average Bonchev–Trinajstić information content (AvgIpc) is 2.80. The van der Waals surface area contributed by atoms with E-state index in [0.717, 1.165) is 0 Å². The Bertz CT molecular complexity index is 528. The molecule has 0 aliphatic carbocycles. The minimum atomic E-state index is -0.539. The maximum Gasteiger partial charge on any atom is 0.242 e. The highest BCUT2D eigenvalue weighted by Crippen LogP contribution is 2.11. The number of carbonyl (C=O) groups is 3. The summed E-state index contributed by atoms with van der Waals surface area (Å²) in [6.45, 7) is 2.92. The molecule has 1 aliphatic rings. The Labute approximate surface area is 122 Å². The molecule has 114 valence electrons. The third-order valence-electron chi connectivity index (χ3n) is 3.60. The van der Waals surface area contributed by atoms with Crippen LogP contribution in [0.5, 0.6) is 0 Å². The Morgan fingerprint density at radius 2 is 1.90 bits per heavy atom. The zero-order valence-corrected chi connectivity index (χ0v) is 11.9. The number of nitrogens with zero attached hydrogens (tertiary/aromatic N) is 4. The number of aromatic nitrogens is 2. The Morgan fingerprint density at radius 1 is 1.24 bits per heavy atom. The molecule has 1 saturated heterocycles. The summed E-state index contributed by atoms with van der Waals surface area (Å²) in [5.74, 6) is -1.28. The van der Waals surface area contributed by atoms with E-state index in [2.05, 4.69) is 4.98 Å². The SMILES string of the molecule is CC(=O)N1CCN(C(=O)Cn2ccnc2)CC(C(N)=O)C1. The van der Waals surface area contributed by atoms with Gasteiger partial charge in [-0.1, -0.05) is 0 Å². The summed E-state index contributed by atoms with van der Waals surface area (Å²) in [6.07, 6.45) is 4.85. The van der Waals surface area contributed by atoms with Gasteiger partial charge in [-0.05, 0) is 0 Å². The predicted octanol–water partition coefficient (Wildman–Crippen LogP) is -1.32. The van der Waals surface area contributed by atoms with Crippen LogP contribution in [0.4, 0.5) is 0 Å². The summed E-state index contributed by atoms with van der Waals surface area (Å²) in [6, 6.07) is 0. The molecule has 0 bridgehead atoms. The molecule has 0 spiro atoms. The normalized spacial score (nSPS) is 19.2. The van der Waals surface area contributed by atoms with Gasteiger partial charge in [0, 0.05) is 45.5 Å². The largest absolute Gasteiger partial charge is 0.369 e. The van der Waals surface area contributed by atoms with E-state index in [-0.39, 0.29) is 31.4 Å². The van der Waals surface area contributed by atoms with E-state index in [9.17, 15) is 14.4 Å².